The minimum Gasteiger partial charge on any atom is -0.392 e. The van der Waals surface area contributed by atoms with Crippen molar-refractivity contribution in [3.63, 3.8) is 0 Å². The SMILES string of the molecule is CC(C)C(O)C1(C)CC(F)(F)C1. The Morgan fingerprint density at radius 3 is 1.92 bits per heavy atom. The van der Waals surface area contributed by atoms with E-state index in [1.807, 2.05) is 13.8 Å². The number of aliphatic hydroxyl groups excluding tert-OH is 1. The molecule has 0 aromatic rings. The molecule has 0 saturated heterocycles. The average Bonchev–Trinajstić information content (AvgIpc) is 1.81. The van der Waals surface area contributed by atoms with Crippen LogP contribution in [0.4, 0.5) is 8.78 Å². The molecule has 1 aliphatic rings. The van der Waals surface area contributed by atoms with Crippen molar-refractivity contribution >= 4 is 0 Å². The first-order chi connectivity index (χ1) is 5.27. The maximum absolute atomic E-state index is 12.5. The Morgan fingerprint density at radius 2 is 1.67 bits per heavy atom. The van der Waals surface area contributed by atoms with Gasteiger partial charge < -0.3 is 5.11 Å². The first-order valence-corrected chi connectivity index (χ1v) is 4.33. The van der Waals surface area contributed by atoms with Crippen molar-refractivity contribution in [2.24, 2.45) is 11.3 Å². The van der Waals surface area contributed by atoms with E-state index in [0.29, 0.717) is 0 Å². The predicted octanol–water partition coefficient (Wildman–Crippen LogP) is 2.44. The molecule has 1 aliphatic carbocycles. The van der Waals surface area contributed by atoms with Crippen LogP contribution in [0.2, 0.25) is 0 Å². The smallest absolute Gasteiger partial charge is 0.249 e. The van der Waals surface area contributed by atoms with Gasteiger partial charge in [-0.05, 0) is 5.92 Å². The molecule has 1 fully saturated rings. The summed E-state index contributed by atoms with van der Waals surface area (Å²) in [5.41, 5.74) is -0.558. The van der Waals surface area contributed by atoms with Crippen molar-refractivity contribution in [1.82, 2.24) is 0 Å². The zero-order valence-corrected chi connectivity index (χ0v) is 7.77. The third-order valence-electron chi connectivity index (χ3n) is 2.67. The third kappa shape index (κ3) is 1.60. The molecule has 0 aromatic heterocycles. The van der Waals surface area contributed by atoms with Gasteiger partial charge in [0.1, 0.15) is 0 Å². The number of alkyl halides is 2. The third-order valence-corrected chi connectivity index (χ3v) is 2.67. The summed E-state index contributed by atoms with van der Waals surface area (Å²) in [6.45, 7) is 5.44. The zero-order valence-electron chi connectivity index (χ0n) is 7.77. The van der Waals surface area contributed by atoms with Crippen LogP contribution in [-0.2, 0) is 0 Å². The van der Waals surface area contributed by atoms with Gasteiger partial charge in [-0.15, -0.1) is 0 Å². The Kier molecular flexibility index (Phi) is 2.19. The van der Waals surface area contributed by atoms with Crippen LogP contribution in [0.1, 0.15) is 33.6 Å². The maximum atomic E-state index is 12.5. The van der Waals surface area contributed by atoms with Gasteiger partial charge in [0.25, 0.3) is 0 Å². The van der Waals surface area contributed by atoms with Crippen LogP contribution in [-0.4, -0.2) is 17.1 Å². The first-order valence-electron chi connectivity index (χ1n) is 4.33. The van der Waals surface area contributed by atoms with Crippen molar-refractivity contribution in [3.8, 4) is 0 Å². The van der Waals surface area contributed by atoms with Crippen LogP contribution in [0.15, 0.2) is 0 Å². The van der Waals surface area contributed by atoms with Crippen LogP contribution in [0.25, 0.3) is 0 Å². The number of halogens is 2. The molecule has 1 atom stereocenters. The molecule has 0 aliphatic heterocycles. The lowest BCUT2D eigenvalue weighted by molar-refractivity contribution is -0.199. The molecule has 0 heterocycles. The van der Waals surface area contributed by atoms with Crippen LogP contribution in [0.3, 0.4) is 0 Å². The van der Waals surface area contributed by atoms with Crippen LogP contribution in [0.5, 0.6) is 0 Å². The summed E-state index contributed by atoms with van der Waals surface area (Å²) >= 11 is 0. The van der Waals surface area contributed by atoms with Gasteiger partial charge in [-0.2, -0.15) is 0 Å². The first kappa shape index (κ1) is 9.90. The Morgan fingerprint density at radius 1 is 1.25 bits per heavy atom. The second-order valence-electron chi connectivity index (χ2n) is 4.55. The minimum atomic E-state index is -2.54. The number of aliphatic hydroxyl groups is 1. The minimum absolute atomic E-state index is 0.0612. The molecule has 72 valence electrons. The number of rotatable bonds is 2. The number of hydrogen-bond acceptors (Lipinski definition) is 1. The van der Waals surface area contributed by atoms with E-state index in [1.165, 1.54) is 0 Å². The van der Waals surface area contributed by atoms with Crippen molar-refractivity contribution < 1.29 is 13.9 Å². The highest BCUT2D eigenvalue weighted by atomic mass is 19.3. The van der Waals surface area contributed by atoms with Crippen molar-refractivity contribution in [2.45, 2.75) is 45.6 Å². The van der Waals surface area contributed by atoms with Crippen molar-refractivity contribution in [1.29, 1.82) is 0 Å². The van der Waals surface area contributed by atoms with E-state index in [2.05, 4.69) is 0 Å². The van der Waals surface area contributed by atoms with E-state index in [1.54, 1.807) is 6.92 Å². The predicted molar refractivity (Wildman–Crippen MR) is 43.1 cm³/mol. The summed E-state index contributed by atoms with van der Waals surface area (Å²) in [7, 11) is 0. The van der Waals surface area contributed by atoms with Crippen LogP contribution >= 0.6 is 0 Å². The summed E-state index contributed by atoms with van der Waals surface area (Å²) in [5, 5.41) is 9.60. The highest BCUT2D eigenvalue weighted by Gasteiger charge is 2.57. The summed E-state index contributed by atoms with van der Waals surface area (Å²) < 4.78 is 25.1. The summed E-state index contributed by atoms with van der Waals surface area (Å²) in [6, 6.07) is 0. The summed E-state index contributed by atoms with van der Waals surface area (Å²) in [5.74, 6) is -2.48. The molecule has 1 saturated carbocycles. The fraction of sp³-hybridized carbons (Fsp3) is 1.00. The fourth-order valence-corrected chi connectivity index (χ4v) is 2.14. The molecule has 0 amide bonds. The second kappa shape index (κ2) is 2.66. The lowest BCUT2D eigenvalue weighted by Crippen LogP contribution is -2.52. The maximum Gasteiger partial charge on any atom is 0.249 e. The van der Waals surface area contributed by atoms with Gasteiger partial charge in [0.2, 0.25) is 5.92 Å². The Bertz CT molecular complexity index is 169. The van der Waals surface area contributed by atoms with E-state index in [9.17, 15) is 13.9 Å². The van der Waals surface area contributed by atoms with Gasteiger partial charge in [-0.25, -0.2) is 8.78 Å². The molecular formula is C9H16F2O. The van der Waals surface area contributed by atoms with Gasteiger partial charge >= 0.3 is 0 Å². The molecule has 12 heavy (non-hydrogen) atoms. The van der Waals surface area contributed by atoms with E-state index in [-0.39, 0.29) is 18.8 Å². The molecule has 0 radical (unpaired) electrons. The van der Waals surface area contributed by atoms with Gasteiger partial charge in [0.05, 0.1) is 6.10 Å². The average molecular weight is 178 g/mol. The lowest BCUT2D eigenvalue weighted by Gasteiger charge is -2.49. The fourth-order valence-electron chi connectivity index (χ4n) is 2.14. The molecule has 0 spiro atoms. The molecule has 0 aromatic carbocycles. The van der Waals surface area contributed by atoms with Crippen molar-refractivity contribution in [3.05, 3.63) is 0 Å². The second-order valence-corrected chi connectivity index (χ2v) is 4.55. The summed E-state index contributed by atoms with van der Waals surface area (Å²) in [4.78, 5) is 0. The van der Waals surface area contributed by atoms with Gasteiger partial charge in [-0.3, -0.25) is 0 Å². The molecule has 1 N–H and O–H groups in total. The van der Waals surface area contributed by atoms with E-state index in [0.717, 1.165) is 0 Å². The zero-order chi connectivity index (χ0) is 9.57. The van der Waals surface area contributed by atoms with E-state index in [4.69, 9.17) is 0 Å². The van der Waals surface area contributed by atoms with Crippen molar-refractivity contribution in [2.75, 3.05) is 0 Å². The molecular weight excluding hydrogens is 162 g/mol. The Hall–Kier alpha value is -0.180. The van der Waals surface area contributed by atoms with Gasteiger partial charge in [-0.1, -0.05) is 20.8 Å². The monoisotopic (exact) mass is 178 g/mol. The summed E-state index contributed by atoms with van der Waals surface area (Å²) in [6.07, 6.45) is -0.935. The van der Waals surface area contributed by atoms with Gasteiger partial charge in [0.15, 0.2) is 0 Å². The normalized spacial score (nSPS) is 28.2. The number of hydrogen-bond donors (Lipinski definition) is 1. The molecule has 1 unspecified atom stereocenters. The molecule has 0 bridgehead atoms. The lowest BCUT2D eigenvalue weighted by atomic mass is 9.62. The standard InChI is InChI=1S/C9H16F2O/c1-6(2)7(12)8(3)4-9(10,11)5-8/h6-7,12H,4-5H2,1-3H3. The van der Waals surface area contributed by atoms with Gasteiger partial charge in [0, 0.05) is 18.3 Å². The topological polar surface area (TPSA) is 20.2 Å². The van der Waals surface area contributed by atoms with Crippen LogP contribution < -0.4 is 0 Å². The van der Waals surface area contributed by atoms with E-state index < -0.39 is 17.4 Å². The van der Waals surface area contributed by atoms with Crippen LogP contribution in [0, 0.1) is 11.3 Å². The largest absolute Gasteiger partial charge is 0.392 e. The molecule has 1 rings (SSSR count). The highest BCUT2D eigenvalue weighted by molar-refractivity contribution is 5.00. The Labute approximate surface area is 71.8 Å². The quantitative estimate of drug-likeness (QED) is 0.688. The molecule has 3 heteroatoms. The highest BCUT2D eigenvalue weighted by Crippen LogP contribution is 2.54. The Balaban J connectivity index is 2.55. The molecule has 1 nitrogen and oxygen atoms in total. The van der Waals surface area contributed by atoms with E-state index >= 15 is 0 Å².